The average Bonchev–Trinajstić information content (AvgIpc) is 3.30. The van der Waals surface area contributed by atoms with Crippen LogP contribution >= 0.6 is 7.82 Å². The van der Waals surface area contributed by atoms with Crippen molar-refractivity contribution in [1.82, 2.24) is 0 Å². The van der Waals surface area contributed by atoms with Crippen LogP contribution < -0.4 is 0 Å². The largest absolute Gasteiger partial charge is 0.472 e. The van der Waals surface area contributed by atoms with Gasteiger partial charge in [-0.05, 0) is 77.0 Å². The first kappa shape index (κ1) is 64.7. The Balaban J connectivity index is 4.36. The van der Waals surface area contributed by atoms with Crippen LogP contribution in [0.15, 0.2) is 109 Å². The van der Waals surface area contributed by atoms with Crippen molar-refractivity contribution >= 4 is 19.8 Å². The molecular formula is C58H99NO8P+. The number of hydrogen-bond acceptors (Lipinski definition) is 7. The summed E-state index contributed by atoms with van der Waals surface area (Å²) in [4.78, 5) is 35.5. The lowest BCUT2D eigenvalue weighted by molar-refractivity contribution is -0.870. The molecule has 0 aromatic heterocycles. The van der Waals surface area contributed by atoms with Gasteiger partial charge in [0.15, 0.2) is 6.10 Å². The minimum absolute atomic E-state index is 0.0159. The maximum absolute atomic E-state index is 12.7. The average molecular weight is 969 g/mol. The number of allylic oxidation sites excluding steroid dienone is 18. The number of rotatable bonds is 47. The molecule has 0 aliphatic heterocycles. The van der Waals surface area contributed by atoms with Gasteiger partial charge in [0, 0.05) is 12.8 Å². The molecule has 68 heavy (non-hydrogen) atoms. The SMILES string of the molecule is CC/C=C\C/C=C\C/C=C\C/C=C\C/C=C\C/C=C\C/C=C\C/C=C\C/C=C\CCCC(=O)OC(COC(=O)CCCCCCCCCCCCCCCCC)COP(=O)(O)OCC[N+](C)(C)C. The van der Waals surface area contributed by atoms with Crippen molar-refractivity contribution in [2.45, 2.75) is 200 Å². The summed E-state index contributed by atoms with van der Waals surface area (Å²) < 4.78 is 34.4. The van der Waals surface area contributed by atoms with Crippen molar-refractivity contribution in [3.05, 3.63) is 109 Å². The lowest BCUT2D eigenvalue weighted by Gasteiger charge is -2.24. The van der Waals surface area contributed by atoms with E-state index in [1.54, 1.807) is 0 Å². The van der Waals surface area contributed by atoms with Gasteiger partial charge in [-0.25, -0.2) is 4.57 Å². The van der Waals surface area contributed by atoms with E-state index < -0.39 is 26.5 Å². The number of ether oxygens (including phenoxy) is 2. The van der Waals surface area contributed by atoms with Gasteiger partial charge in [0.2, 0.25) is 0 Å². The maximum Gasteiger partial charge on any atom is 0.472 e. The standard InChI is InChI=1S/C58H98NO8P/c1-6-8-10-12-14-16-18-20-22-23-24-25-26-27-28-29-30-31-32-33-34-35-37-39-41-43-45-47-49-51-58(61)67-56(55-66-68(62,63)65-53-52-59(3,4)5)54-64-57(60)50-48-46-44-42-40-38-36-21-19-17-15-13-11-9-7-2/h8,10,14,16,20,22,24-25,27-28,30-31,33-34,37,39,43,45,56H,6-7,9,11-13,15,17-19,21,23,26,29,32,35-36,38,40-42,44,46-55H2,1-5H3/p+1/b10-8-,16-14-,22-20-,25-24-,28-27-,31-30-,34-33-,39-37-,45-43-. The van der Waals surface area contributed by atoms with Crippen molar-refractivity contribution in [3.8, 4) is 0 Å². The number of hydrogen-bond donors (Lipinski definition) is 1. The first-order valence-electron chi connectivity index (χ1n) is 26.6. The molecule has 9 nitrogen and oxygen atoms in total. The first-order chi connectivity index (χ1) is 33.0. The highest BCUT2D eigenvalue weighted by Gasteiger charge is 2.27. The Labute approximate surface area is 416 Å². The molecule has 0 rings (SSSR count). The van der Waals surface area contributed by atoms with E-state index in [2.05, 4.69) is 117 Å². The molecule has 0 amide bonds. The van der Waals surface area contributed by atoms with E-state index in [9.17, 15) is 19.0 Å². The molecule has 0 saturated carbocycles. The maximum atomic E-state index is 12.7. The molecule has 0 aliphatic carbocycles. The van der Waals surface area contributed by atoms with Crippen LogP contribution in [0.25, 0.3) is 0 Å². The van der Waals surface area contributed by atoms with Gasteiger partial charge in [0.05, 0.1) is 27.7 Å². The summed E-state index contributed by atoms with van der Waals surface area (Å²) in [6.07, 6.45) is 67.3. The predicted octanol–water partition coefficient (Wildman–Crippen LogP) is 16.2. The summed E-state index contributed by atoms with van der Waals surface area (Å²) in [5.74, 6) is -0.872. The summed E-state index contributed by atoms with van der Waals surface area (Å²) >= 11 is 0. The second-order valence-corrected chi connectivity index (χ2v) is 20.0. The van der Waals surface area contributed by atoms with Crippen LogP contribution in [0.5, 0.6) is 0 Å². The van der Waals surface area contributed by atoms with Crippen LogP contribution in [0.1, 0.15) is 194 Å². The molecule has 2 atom stereocenters. The number of unbranched alkanes of at least 4 members (excludes halogenated alkanes) is 15. The van der Waals surface area contributed by atoms with Gasteiger partial charge in [-0.2, -0.15) is 0 Å². The van der Waals surface area contributed by atoms with Crippen LogP contribution in [0.3, 0.4) is 0 Å². The molecule has 0 fully saturated rings. The minimum atomic E-state index is -4.40. The highest BCUT2D eigenvalue weighted by Crippen LogP contribution is 2.43. The fraction of sp³-hybridized carbons (Fsp3) is 0.655. The summed E-state index contributed by atoms with van der Waals surface area (Å²) in [5, 5.41) is 0. The van der Waals surface area contributed by atoms with Gasteiger partial charge >= 0.3 is 19.8 Å². The number of quaternary nitrogens is 1. The zero-order valence-electron chi connectivity index (χ0n) is 43.8. The van der Waals surface area contributed by atoms with E-state index in [-0.39, 0.29) is 32.0 Å². The van der Waals surface area contributed by atoms with Gasteiger partial charge in [0.25, 0.3) is 0 Å². The Hall–Kier alpha value is -3.33. The molecule has 10 heteroatoms. The van der Waals surface area contributed by atoms with E-state index in [0.29, 0.717) is 23.9 Å². The van der Waals surface area contributed by atoms with E-state index in [1.165, 1.54) is 77.0 Å². The number of esters is 2. The van der Waals surface area contributed by atoms with Crippen LogP contribution in [-0.4, -0.2) is 74.9 Å². The molecule has 0 aromatic carbocycles. The second kappa shape index (κ2) is 48.7. The highest BCUT2D eigenvalue weighted by atomic mass is 31.2. The van der Waals surface area contributed by atoms with E-state index in [1.807, 2.05) is 27.2 Å². The van der Waals surface area contributed by atoms with Crippen LogP contribution in [-0.2, 0) is 32.7 Å². The highest BCUT2D eigenvalue weighted by molar-refractivity contribution is 7.47. The van der Waals surface area contributed by atoms with Crippen molar-refractivity contribution in [1.29, 1.82) is 0 Å². The normalized spacial score (nSPS) is 14.3. The fourth-order valence-corrected chi connectivity index (χ4v) is 7.46. The molecule has 0 radical (unpaired) electrons. The topological polar surface area (TPSA) is 108 Å². The van der Waals surface area contributed by atoms with Crippen molar-refractivity contribution in [2.24, 2.45) is 0 Å². The first-order valence-corrected chi connectivity index (χ1v) is 28.1. The predicted molar refractivity (Wildman–Crippen MR) is 288 cm³/mol. The van der Waals surface area contributed by atoms with Gasteiger partial charge in [-0.1, -0.05) is 213 Å². The van der Waals surface area contributed by atoms with Gasteiger partial charge in [-0.15, -0.1) is 0 Å². The number of phosphoric ester groups is 1. The number of phosphoric acid groups is 1. The Bertz CT molecular complexity index is 1520. The number of likely N-dealkylation sites (N-methyl/N-ethyl adjacent to an activating group) is 1. The number of carbonyl (C=O) groups excluding carboxylic acids is 2. The summed E-state index contributed by atoms with van der Waals surface area (Å²) in [5.41, 5.74) is 0. The smallest absolute Gasteiger partial charge is 0.462 e. The summed E-state index contributed by atoms with van der Waals surface area (Å²) in [6.45, 7) is 4.24. The molecule has 0 saturated heterocycles. The third-order valence-corrected chi connectivity index (χ3v) is 11.8. The van der Waals surface area contributed by atoms with Gasteiger partial charge < -0.3 is 18.9 Å². The van der Waals surface area contributed by atoms with Crippen LogP contribution in [0.2, 0.25) is 0 Å². The number of carbonyl (C=O) groups is 2. The molecule has 0 spiro atoms. The molecule has 1 N–H and O–H groups in total. The molecule has 0 heterocycles. The Kier molecular flexibility index (Phi) is 46.3. The molecule has 0 bridgehead atoms. The van der Waals surface area contributed by atoms with Crippen LogP contribution in [0, 0.1) is 0 Å². The van der Waals surface area contributed by atoms with Crippen LogP contribution in [0.4, 0.5) is 0 Å². The third-order valence-electron chi connectivity index (χ3n) is 10.8. The van der Waals surface area contributed by atoms with Gasteiger partial charge in [0.1, 0.15) is 19.8 Å². The van der Waals surface area contributed by atoms with E-state index in [4.69, 9.17) is 18.5 Å². The third kappa shape index (κ3) is 52.0. The molecular weight excluding hydrogens is 870 g/mol. The molecule has 388 valence electrons. The molecule has 2 unspecified atom stereocenters. The lowest BCUT2D eigenvalue weighted by atomic mass is 10.0. The summed E-state index contributed by atoms with van der Waals surface area (Å²) in [7, 11) is 1.43. The second-order valence-electron chi connectivity index (χ2n) is 18.5. The van der Waals surface area contributed by atoms with E-state index >= 15 is 0 Å². The Morgan fingerprint density at radius 2 is 0.838 bits per heavy atom. The quantitative estimate of drug-likeness (QED) is 0.0211. The zero-order valence-corrected chi connectivity index (χ0v) is 44.7. The Morgan fingerprint density at radius 3 is 1.24 bits per heavy atom. The Morgan fingerprint density at radius 1 is 0.471 bits per heavy atom. The van der Waals surface area contributed by atoms with E-state index in [0.717, 1.165) is 77.0 Å². The zero-order chi connectivity index (χ0) is 49.9. The molecule has 0 aliphatic rings. The fourth-order valence-electron chi connectivity index (χ4n) is 6.72. The summed E-state index contributed by atoms with van der Waals surface area (Å²) in [6, 6.07) is 0. The number of nitrogens with zero attached hydrogens (tertiary/aromatic N) is 1. The van der Waals surface area contributed by atoms with Gasteiger partial charge in [-0.3, -0.25) is 18.6 Å². The molecule has 0 aromatic rings. The van der Waals surface area contributed by atoms with Crippen molar-refractivity contribution in [3.63, 3.8) is 0 Å². The van der Waals surface area contributed by atoms with Crippen molar-refractivity contribution < 1.29 is 42.1 Å². The van der Waals surface area contributed by atoms with Crippen molar-refractivity contribution in [2.75, 3.05) is 47.5 Å². The monoisotopic (exact) mass is 969 g/mol. The lowest BCUT2D eigenvalue weighted by Crippen LogP contribution is -2.37. The minimum Gasteiger partial charge on any atom is -0.462 e.